The molecule has 2 rings (SSSR count). The van der Waals surface area contributed by atoms with E-state index in [4.69, 9.17) is 18.9 Å². The maximum absolute atomic E-state index is 11.9. The van der Waals surface area contributed by atoms with Crippen molar-refractivity contribution in [3.8, 4) is 11.5 Å². The van der Waals surface area contributed by atoms with Crippen LogP contribution in [0.25, 0.3) is 0 Å². The summed E-state index contributed by atoms with van der Waals surface area (Å²) in [5, 5.41) is 0. The van der Waals surface area contributed by atoms with E-state index in [9.17, 15) is 9.59 Å². The van der Waals surface area contributed by atoms with Gasteiger partial charge in [0.15, 0.2) is 12.4 Å². The highest BCUT2D eigenvalue weighted by Crippen LogP contribution is 2.34. The van der Waals surface area contributed by atoms with Crippen molar-refractivity contribution >= 4 is 11.8 Å². The summed E-state index contributed by atoms with van der Waals surface area (Å²) >= 11 is 0. The fourth-order valence-electron chi connectivity index (χ4n) is 2.35. The molecule has 1 fully saturated rings. The molecule has 1 aliphatic heterocycles. The Morgan fingerprint density at radius 3 is 2.58 bits per heavy atom. The third kappa shape index (κ3) is 4.96. The summed E-state index contributed by atoms with van der Waals surface area (Å²) in [7, 11) is 0. The summed E-state index contributed by atoms with van der Waals surface area (Å²) in [4.78, 5) is 23.5. The molecular formula is C18H24O6. The molecule has 0 aliphatic carbocycles. The molecule has 1 aromatic rings. The number of carbonyl (C=O) groups is 2. The number of ether oxygens (including phenoxy) is 4. The Bertz CT molecular complexity index is 591. The van der Waals surface area contributed by atoms with Crippen LogP contribution in [0.3, 0.4) is 0 Å². The van der Waals surface area contributed by atoms with Gasteiger partial charge in [0.25, 0.3) is 0 Å². The molecule has 6 heteroatoms. The Kier molecular flexibility index (Phi) is 6.61. The van der Waals surface area contributed by atoms with Gasteiger partial charge in [0.05, 0.1) is 18.8 Å². The van der Waals surface area contributed by atoms with Crippen molar-refractivity contribution in [3.05, 3.63) is 23.3 Å². The van der Waals surface area contributed by atoms with Crippen LogP contribution in [0.15, 0.2) is 12.1 Å². The van der Waals surface area contributed by atoms with Crippen molar-refractivity contribution in [2.24, 2.45) is 0 Å². The number of Topliss-reactive ketones (excluding diaryl/α,β-unsaturated/α-hetero) is 1. The van der Waals surface area contributed by atoms with E-state index in [0.717, 1.165) is 12.0 Å². The highest BCUT2D eigenvalue weighted by atomic mass is 16.6. The lowest BCUT2D eigenvalue weighted by Crippen LogP contribution is -2.17. The molecule has 0 amide bonds. The average molecular weight is 336 g/mol. The first-order valence-corrected chi connectivity index (χ1v) is 8.26. The molecule has 1 aromatic carbocycles. The Hall–Kier alpha value is -2.08. The Balaban J connectivity index is 2.27. The molecule has 132 valence electrons. The van der Waals surface area contributed by atoms with Gasteiger partial charge in [-0.15, -0.1) is 0 Å². The summed E-state index contributed by atoms with van der Waals surface area (Å²) in [6.07, 6.45) is 1.67. The van der Waals surface area contributed by atoms with Gasteiger partial charge in [0.1, 0.15) is 24.2 Å². The smallest absolute Gasteiger partial charge is 0.344 e. The molecule has 1 atom stereocenters. The summed E-state index contributed by atoms with van der Waals surface area (Å²) in [5.74, 6) is 0.485. The van der Waals surface area contributed by atoms with Crippen LogP contribution in [0.1, 0.15) is 43.1 Å². The Morgan fingerprint density at radius 1 is 1.25 bits per heavy atom. The predicted molar refractivity (Wildman–Crippen MR) is 87.8 cm³/mol. The topological polar surface area (TPSA) is 74.4 Å². The van der Waals surface area contributed by atoms with E-state index in [2.05, 4.69) is 0 Å². The van der Waals surface area contributed by atoms with Crippen molar-refractivity contribution in [3.63, 3.8) is 0 Å². The number of hydrogen-bond donors (Lipinski definition) is 0. The number of rotatable bonds is 10. The third-order valence-electron chi connectivity index (χ3n) is 3.56. The van der Waals surface area contributed by atoms with Crippen LogP contribution in [-0.4, -0.2) is 44.3 Å². The summed E-state index contributed by atoms with van der Waals surface area (Å²) in [5.41, 5.74) is 1.24. The molecule has 1 unspecified atom stereocenters. The molecule has 1 aliphatic rings. The molecule has 1 heterocycles. The van der Waals surface area contributed by atoms with Crippen LogP contribution in [0.2, 0.25) is 0 Å². The molecular weight excluding hydrogens is 312 g/mol. The van der Waals surface area contributed by atoms with E-state index in [1.165, 1.54) is 6.92 Å². The fourth-order valence-corrected chi connectivity index (χ4v) is 2.35. The number of hydrogen-bond acceptors (Lipinski definition) is 6. The van der Waals surface area contributed by atoms with Crippen LogP contribution >= 0.6 is 0 Å². The predicted octanol–water partition coefficient (Wildman–Crippen LogP) is 2.56. The van der Waals surface area contributed by atoms with Gasteiger partial charge in [0, 0.05) is 5.56 Å². The van der Waals surface area contributed by atoms with Gasteiger partial charge in [-0.3, -0.25) is 4.79 Å². The van der Waals surface area contributed by atoms with E-state index in [1.54, 1.807) is 19.1 Å². The van der Waals surface area contributed by atoms with E-state index in [1.807, 2.05) is 6.92 Å². The molecule has 1 saturated heterocycles. The normalized spacial score (nSPS) is 15.7. The Labute approximate surface area is 142 Å². The number of esters is 1. The monoisotopic (exact) mass is 336 g/mol. The molecule has 24 heavy (non-hydrogen) atoms. The van der Waals surface area contributed by atoms with E-state index >= 15 is 0 Å². The standard InChI is InChI=1S/C18H24O6/c1-4-6-15-16(23-10-13-9-22-13)8-7-14(12(3)19)18(15)24-11-17(20)21-5-2/h7-8,13H,4-6,9-11H2,1-3H3. The van der Waals surface area contributed by atoms with Gasteiger partial charge in [-0.1, -0.05) is 13.3 Å². The molecule has 0 radical (unpaired) electrons. The van der Waals surface area contributed by atoms with Gasteiger partial charge in [-0.05, 0) is 32.4 Å². The summed E-state index contributed by atoms with van der Waals surface area (Å²) < 4.78 is 21.5. The van der Waals surface area contributed by atoms with E-state index in [-0.39, 0.29) is 25.1 Å². The Morgan fingerprint density at radius 2 is 2.00 bits per heavy atom. The lowest BCUT2D eigenvalue weighted by atomic mass is 10.0. The molecule has 0 spiro atoms. The number of epoxide rings is 1. The quantitative estimate of drug-likeness (QED) is 0.371. The van der Waals surface area contributed by atoms with E-state index in [0.29, 0.717) is 36.7 Å². The van der Waals surface area contributed by atoms with Gasteiger partial charge in [0.2, 0.25) is 0 Å². The number of ketones is 1. The second-order valence-corrected chi connectivity index (χ2v) is 5.59. The zero-order chi connectivity index (χ0) is 17.5. The lowest BCUT2D eigenvalue weighted by molar-refractivity contribution is -0.145. The first kappa shape index (κ1) is 18.3. The molecule has 0 aromatic heterocycles. The average Bonchev–Trinajstić information content (AvgIpc) is 3.36. The second-order valence-electron chi connectivity index (χ2n) is 5.59. The van der Waals surface area contributed by atoms with Crippen molar-refractivity contribution in [1.82, 2.24) is 0 Å². The maximum Gasteiger partial charge on any atom is 0.344 e. The van der Waals surface area contributed by atoms with Crippen molar-refractivity contribution in [2.75, 3.05) is 26.4 Å². The zero-order valence-electron chi connectivity index (χ0n) is 14.4. The first-order chi connectivity index (χ1) is 11.6. The number of benzene rings is 1. The number of carbonyl (C=O) groups excluding carboxylic acids is 2. The summed E-state index contributed by atoms with van der Waals surface area (Å²) in [6, 6.07) is 3.45. The van der Waals surface area contributed by atoms with Crippen LogP contribution in [0.5, 0.6) is 11.5 Å². The second kappa shape index (κ2) is 8.68. The maximum atomic E-state index is 11.9. The first-order valence-electron chi connectivity index (χ1n) is 8.26. The minimum Gasteiger partial charge on any atom is -0.490 e. The molecule has 6 nitrogen and oxygen atoms in total. The van der Waals surface area contributed by atoms with Crippen LogP contribution < -0.4 is 9.47 Å². The molecule has 0 bridgehead atoms. The zero-order valence-corrected chi connectivity index (χ0v) is 14.4. The van der Waals surface area contributed by atoms with E-state index < -0.39 is 5.97 Å². The minimum atomic E-state index is -0.466. The highest BCUT2D eigenvalue weighted by molar-refractivity contribution is 5.97. The SMILES string of the molecule is CCCc1c(OCC2CO2)ccc(C(C)=O)c1OCC(=O)OCC. The van der Waals surface area contributed by atoms with Gasteiger partial charge >= 0.3 is 5.97 Å². The van der Waals surface area contributed by atoms with Crippen LogP contribution in [0, 0.1) is 0 Å². The molecule has 0 saturated carbocycles. The van der Waals surface area contributed by atoms with Gasteiger partial charge < -0.3 is 18.9 Å². The van der Waals surface area contributed by atoms with Crippen molar-refractivity contribution < 1.29 is 28.5 Å². The minimum absolute atomic E-state index is 0.122. The van der Waals surface area contributed by atoms with Gasteiger partial charge in [-0.25, -0.2) is 4.79 Å². The summed E-state index contributed by atoms with van der Waals surface area (Å²) in [6.45, 7) is 6.46. The highest BCUT2D eigenvalue weighted by Gasteiger charge is 2.25. The lowest BCUT2D eigenvalue weighted by Gasteiger charge is -2.18. The fraction of sp³-hybridized carbons (Fsp3) is 0.556. The van der Waals surface area contributed by atoms with Crippen molar-refractivity contribution in [1.29, 1.82) is 0 Å². The van der Waals surface area contributed by atoms with Crippen molar-refractivity contribution in [2.45, 2.75) is 39.7 Å². The van der Waals surface area contributed by atoms with Crippen LogP contribution in [0.4, 0.5) is 0 Å². The third-order valence-corrected chi connectivity index (χ3v) is 3.56. The van der Waals surface area contributed by atoms with Crippen LogP contribution in [-0.2, 0) is 20.7 Å². The van der Waals surface area contributed by atoms with Gasteiger partial charge in [-0.2, -0.15) is 0 Å². The molecule has 0 N–H and O–H groups in total. The largest absolute Gasteiger partial charge is 0.490 e.